The Balaban J connectivity index is 1.40. The second-order valence-corrected chi connectivity index (χ2v) is 12.6. The molecule has 6 rings (SSSR count). The summed E-state index contributed by atoms with van der Waals surface area (Å²) in [6.45, 7) is 6.27. The highest BCUT2D eigenvalue weighted by atomic mass is 19.1. The van der Waals surface area contributed by atoms with Crippen molar-refractivity contribution in [2.45, 2.75) is 77.3 Å². The van der Waals surface area contributed by atoms with E-state index in [2.05, 4.69) is 47.9 Å². The first-order valence-corrected chi connectivity index (χ1v) is 14.8. The molecule has 3 fully saturated rings. The minimum Gasteiger partial charge on any atom is -0.377 e. The van der Waals surface area contributed by atoms with E-state index in [0.29, 0.717) is 24.8 Å². The topological polar surface area (TPSA) is 46.6 Å². The molecule has 1 aromatic carbocycles. The van der Waals surface area contributed by atoms with Gasteiger partial charge < -0.3 is 9.64 Å². The number of ether oxygens (including phenoxy) is 1. The van der Waals surface area contributed by atoms with Crippen LogP contribution in [0.1, 0.15) is 76.7 Å². The van der Waals surface area contributed by atoms with E-state index in [1.165, 1.54) is 24.1 Å². The van der Waals surface area contributed by atoms with E-state index in [9.17, 15) is 9.59 Å². The molecule has 1 heterocycles. The number of carbonyl (C=O) groups is 2. The molecule has 0 radical (unpaired) electrons. The van der Waals surface area contributed by atoms with Crippen LogP contribution >= 0.6 is 0 Å². The number of carbonyl (C=O) groups excluding carboxylic acids is 2. The van der Waals surface area contributed by atoms with E-state index in [4.69, 9.17) is 4.74 Å². The maximum atomic E-state index is 16.0. The van der Waals surface area contributed by atoms with Gasteiger partial charge in [-0.25, -0.2) is 4.39 Å². The molecule has 5 aliphatic rings. The van der Waals surface area contributed by atoms with E-state index in [1.807, 2.05) is 6.92 Å². The zero-order valence-corrected chi connectivity index (χ0v) is 23.5. The Hall–Kier alpha value is -2.71. The molecule has 0 amide bonds. The van der Waals surface area contributed by atoms with Gasteiger partial charge >= 0.3 is 0 Å². The number of allylic oxidation sites excluding steroid dienone is 4. The van der Waals surface area contributed by atoms with Gasteiger partial charge in [0.1, 0.15) is 12.8 Å². The highest BCUT2D eigenvalue weighted by Crippen LogP contribution is 2.67. The predicted octanol–water partition coefficient (Wildman–Crippen LogP) is 6.36. The van der Waals surface area contributed by atoms with E-state index in [-0.39, 0.29) is 41.3 Å². The summed E-state index contributed by atoms with van der Waals surface area (Å²) in [4.78, 5) is 28.8. The number of methoxy groups -OCH3 is 1. The number of rotatable bonds is 5. The van der Waals surface area contributed by atoms with Gasteiger partial charge in [-0.1, -0.05) is 30.6 Å². The third kappa shape index (κ3) is 4.05. The van der Waals surface area contributed by atoms with Crippen LogP contribution in [0.3, 0.4) is 0 Å². The molecule has 2 saturated carbocycles. The van der Waals surface area contributed by atoms with E-state index >= 15 is 4.39 Å². The molecular weight excluding hydrogens is 489 g/mol. The molecular formula is C34H40FNO3. The minimum absolute atomic E-state index is 0.0213. The molecule has 4 aliphatic carbocycles. The van der Waals surface area contributed by atoms with Crippen LogP contribution in [0.4, 0.5) is 10.1 Å². The Labute approximate surface area is 232 Å². The second kappa shape index (κ2) is 10.0. The first-order chi connectivity index (χ1) is 18.8. The smallest absolute Gasteiger partial charge is 0.176 e. The van der Waals surface area contributed by atoms with Crippen LogP contribution in [-0.4, -0.2) is 44.5 Å². The van der Waals surface area contributed by atoms with Crippen LogP contribution in [0, 0.1) is 34.5 Å². The molecule has 5 heteroatoms. The molecule has 1 aromatic rings. The Kier molecular flexibility index (Phi) is 6.82. The molecule has 6 atom stereocenters. The lowest BCUT2D eigenvalue weighted by molar-refractivity contribution is -0.136. The zero-order valence-electron chi connectivity index (χ0n) is 23.5. The summed E-state index contributed by atoms with van der Waals surface area (Å²) in [7, 11) is 1.56. The molecule has 1 aliphatic heterocycles. The molecule has 0 aromatic heterocycles. The Morgan fingerprint density at radius 3 is 2.62 bits per heavy atom. The van der Waals surface area contributed by atoms with Gasteiger partial charge in [0.05, 0.1) is 5.41 Å². The third-order valence-corrected chi connectivity index (χ3v) is 10.9. The van der Waals surface area contributed by atoms with Gasteiger partial charge in [0, 0.05) is 38.2 Å². The number of nitrogens with zero attached hydrogens (tertiary/aromatic N) is 1. The molecule has 0 bridgehead atoms. The largest absolute Gasteiger partial charge is 0.377 e. The van der Waals surface area contributed by atoms with Crippen molar-refractivity contribution in [3.63, 3.8) is 0 Å². The summed E-state index contributed by atoms with van der Waals surface area (Å²) in [6.07, 6.45) is 6.91. The first-order valence-electron chi connectivity index (χ1n) is 14.8. The standard InChI is InChI=1S/C34H40FNO3/c1-4-13-34(31(38)21-39-3)15-12-29-27-20-30(35)28-19-24(37)18-26(32(28)25(27)11-14-33(29,34)2)22-7-9-23(10-8-22)36-16-5-6-17-36/h7-10,19,26-27,29-30H,5-6,11-12,14-18,20-21H2,1-3H3/t26-,27+,29-,30?,33-,34+/m0/s1. The monoisotopic (exact) mass is 529 g/mol. The summed E-state index contributed by atoms with van der Waals surface area (Å²) in [5.74, 6) is 6.67. The number of Topliss-reactive ketones (excluding diaryl/α,β-unsaturated/α-hetero) is 1. The summed E-state index contributed by atoms with van der Waals surface area (Å²) >= 11 is 0. The van der Waals surface area contributed by atoms with Gasteiger partial charge in [0.2, 0.25) is 0 Å². The first kappa shape index (κ1) is 26.5. The summed E-state index contributed by atoms with van der Waals surface area (Å²) in [5, 5.41) is 0. The van der Waals surface area contributed by atoms with Crippen LogP contribution < -0.4 is 4.90 Å². The van der Waals surface area contributed by atoms with Crippen molar-refractivity contribution in [1.29, 1.82) is 0 Å². The lowest BCUT2D eigenvalue weighted by atomic mass is 9.50. The third-order valence-electron chi connectivity index (χ3n) is 10.9. The van der Waals surface area contributed by atoms with Crippen LogP contribution in [0.5, 0.6) is 0 Å². The summed E-state index contributed by atoms with van der Waals surface area (Å²) < 4.78 is 21.3. The maximum absolute atomic E-state index is 16.0. The Bertz CT molecular complexity index is 1290. The number of ketones is 2. The highest BCUT2D eigenvalue weighted by Gasteiger charge is 2.64. The SMILES string of the molecule is CC#C[C@]1(C(=O)COC)CC[C@H]2[C@@H]3CC(F)C4=CC(=O)C[C@@H](c5ccc(N6CCCC6)cc5)C4=C3CC[C@@]21C. The van der Waals surface area contributed by atoms with Crippen LogP contribution in [-0.2, 0) is 14.3 Å². The van der Waals surface area contributed by atoms with Crippen LogP contribution in [0.2, 0.25) is 0 Å². The lowest BCUT2D eigenvalue weighted by Gasteiger charge is -2.52. The lowest BCUT2D eigenvalue weighted by Crippen LogP contribution is -2.50. The maximum Gasteiger partial charge on any atom is 0.176 e. The number of fused-ring (bicyclic) bond motifs is 4. The van der Waals surface area contributed by atoms with Gasteiger partial charge in [-0.05, 0) is 104 Å². The van der Waals surface area contributed by atoms with Crippen LogP contribution in [0.25, 0.3) is 0 Å². The van der Waals surface area contributed by atoms with Gasteiger partial charge in [0.25, 0.3) is 0 Å². The normalized spacial score (nSPS) is 35.5. The predicted molar refractivity (Wildman–Crippen MR) is 151 cm³/mol. The average molecular weight is 530 g/mol. The fourth-order valence-electron chi connectivity index (χ4n) is 9.01. The molecule has 1 saturated heterocycles. The van der Waals surface area contributed by atoms with Crippen molar-refractivity contribution in [3.05, 3.63) is 52.6 Å². The van der Waals surface area contributed by atoms with Gasteiger partial charge in [-0.3, -0.25) is 9.59 Å². The van der Waals surface area contributed by atoms with Crippen molar-refractivity contribution in [3.8, 4) is 11.8 Å². The van der Waals surface area contributed by atoms with Gasteiger partial charge in [0.15, 0.2) is 11.6 Å². The van der Waals surface area contributed by atoms with Crippen molar-refractivity contribution < 1.29 is 18.7 Å². The number of hydrogen-bond donors (Lipinski definition) is 0. The highest BCUT2D eigenvalue weighted by molar-refractivity contribution is 5.95. The Morgan fingerprint density at radius 1 is 1.18 bits per heavy atom. The second-order valence-electron chi connectivity index (χ2n) is 12.6. The van der Waals surface area contributed by atoms with E-state index in [0.717, 1.165) is 43.5 Å². The number of benzene rings is 1. The minimum atomic E-state index is -1.16. The van der Waals surface area contributed by atoms with E-state index < -0.39 is 11.6 Å². The molecule has 1 unspecified atom stereocenters. The molecule has 4 nitrogen and oxygen atoms in total. The van der Waals surface area contributed by atoms with Crippen LogP contribution in [0.15, 0.2) is 47.1 Å². The molecule has 39 heavy (non-hydrogen) atoms. The van der Waals surface area contributed by atoms with Gasteiger partial charge in [-0.15, -0.1) is 5.92 Å². The fourth-order valence-corrected chi connectivity index (χ4v) is 9.01. The quantitative estimate of drug-likeness (QED) is 0.417. The van der Waals surface area contributed by atoms with Gasteiger partial charge in [-0.2, -0.15) is 0 Å². The number of anilines is 1. The zero-order chi connectivity index (χ0) is 27.4. The summed E-state index contributed by atoms with van der Waals surface area (Å²) in [6, 6.07) is 8.67. The molecule has 0 spiro atoms. The number of alkyl halides is 1. The average Bonchev–Trinajstić information content (AvgIpc) is 3.57. The van der Waals surface area contributed by atoms with Crippen molar-refractivity contribution in [2.24, 2.45) is 22.7 Å². The van der Waals surface area contributed by atoms with Crippen molar-refractivity contribution >= 4 is 17.3 Å². The number of halogens is 1. The summed E-state index contributed by atoms with van der Waals surface area (Å²) in [5.41, 5.74) is 4.29. The fraction of sp³-hybridized carbons (Fsp3) is 0.588. The Morgan fingerprint density at radius 2 is 1.92 bits per heavy atom. The molecule has 0 N–H and O–H groups in total. The van der Waals surface area contributed by atoms with E-state index in [1.54, 1.807) is 13.2 Å². The van der Waals surface area contributed by atoms with Crippen molar-refractivity contribution in [1.82, 2.24) is 0 Å². The van der Waals surface area contributed by atoms with Crippen molar-refractivity contribution in [2.75, 3.05) is 31.7 Å². The molecule has 206 valence electrons. The number of hydrogen-bond acceptors (Lipinski definition) is 4.